The highest BCUT2D eigenvalue weighted by atomic mass is 16.8. The third kappa shape index (κ3) is 1.90. The van der Waals surface area contributed by atoms with Crippen molar-refractivity contribution in [3.63, 3.8) is 0 Å². The summed E-state index contributed by atoms with van der Waals surface area (Å²) in [6.07, 6.45) is 1.34. The average molecular weight is 302 g/mol. The van der Waals surface area contributed by atoms with Gasteiger partial charge in [0.15, 0.2) is 11.4 Å². The van der Waals surface area contributed by atoms with Crippen molar-refractivity contribution in [3.8, 4) is 0 Å². The molecule has 0 N–H and O–H groups in total. The van der Waals surface area contributed by atoms with Crippen LogP contribution in [0, 0.1) is 5.92 Å². The van der Waals surface area contributed by atoms with E-state index in [1.165, 1.54) is 0 Å². The van der Waals surface area contributed by atoms with Crippen molar-refractivity contribution >= 4 is 11.6 Å². The van der Waals surface area contributed by atoms with E-state index in [0.717, 1.165) is 12.8 Å². The number of fused-ring (bicyclic) bond motifs is 3. The molecule has 0 amide bonds. The van der Waals surface area contributed by atoms with Gasteiger partial charge in [-0.1, -0.05) is 51.0 Å². The maximum Gasteiger partial charge on any atom is 0.232 e. The smallest absolute Gasteiger partial charge is 0.232 e. The molecule has 0 aliphatic carbocycles. The van der Waals surface area contributed by atoms with Crippen LogP contribution in [0.5, 0.6) is 0 Å². The topological polar surface area (TPSA) is 52.6 Å². The lowest BCUT2D eigenvalue weighted by atomic mass is 9.79. The highest BCUT2D eigenvalue weighted by molar-refractivity contribution is 6.16. The zero-order valence-electron chi connectivity index (χ0n) is 13.5. The molecule has 4 nitrogen and oxygen atoms in total. The standard InChI is InChI=1S/C18H22O4/c1-5-11(6-2)16-17(3)14(19)12-9-7-8-10-13(12)15(20)18(4,21-16)22-17/h7-11,16H,5-6H2,1-4H3/t16-,17-,18+/m0/s1. The molecular weight excluding hydrogens is 280 g/mol. The van der Waals surface area contributed by atoms with Crippen LogP contribution in [0.25, 0.3) is 0 Å². The molecular formula is C18H22O4. The number of rotatable bonds is 3. The van der Waals surface area contributed by atoms with Gasteiger partial charge < -0.3 is 9.47 Å². The van der Waals surface area contributed by atoms with E-state index in [4.69, 9.17) is 9.47 Å². The summed E-state index contributed by atoms with van der Waals surface area (Å²) in [6.45, 7) is 7.53. The fourth-order valence-electron chi connectivity index (χ4n) is 3.77. The molecule has 3 atom stereocenters. The van der Waals surface area contributed by atoms with Crippen LogP contribution in [0.2, 0.25) is 0 Å². The maximum absolute atomic E-state index is 13.1. The van der Waals surface area contributed by atoms with Gasteiger partial charge in [0.1, 0.15) is 6.10 Å². The number of hydrogen-bond donors (Lipinski definition) is 0. The van der Waals surface area contributed by atoms with Crippen molar-refractivity contribution in [2.75, 3.05) is 0 Å². The first-order valence-corrected chi connectivity index (χ1v) is 7.94. The highest BCUT2D eigenvalue weighted by Gasteiger charge is 2.63. The summed E-state index contributed by atoms with van der Waals surface area (Å²) in [5, 5.41) is 0. The van der Waals surface area contributed by atoms with Crippen molar-refractivity contribution in [3.05, 3.63) is 35.4 Å². The quantitative estimate of drug-likeness (QED) is 0.859. The lowest BCUT2D eigenvalue weighted by Crippen LogP contribution is -2.48. The molecule has 2 bridgehead atoms. The van der Waals surface area contributed by atoms with Crippen molar-refractivity contribution in [1.82, 2.24) is 0 Å². The number of hydrogen-bond acceptors (Lipinski definition) is 4. The monoisotopic (exact) mass is 302 g/mol. The summed E-state index contributed by atoms with van der Waals surface area (Å²) in [4.78, 5) is 25.9. The average Bonchev–Trinajstić information content (AvgIpc) is 2.78. The normalized spacial score (nSPS) is 34.0. The van der Waals surface area contributed by atoms with Gasteiger partial charge in [-0.2, -0.15) is 0 Å². The van der Waals surface area contributed by atoms with Crippen molar-refractivity contribution in [2.45, 2.75) is 58.0 Å². The van der Waals surface area contributed by atoms with E-state index < -0.39 is 17.5 Å². The van der Waals surface area contributed by atoms with Crippen LogP contribution in [0.3, 0.4) is 0 Å². The third-order valence-electron chi connectivity index (χ3n) is 5.06. The molecule has 118 valence electrons. The minimum absolute atomic E-state index is 0.158. The number of carbonyl (C=O) groups is 2. The Morgan fingerprint density at radius 2 is 1.59 bits per heavy atom. The van der Waals surface area contributed by atoms with Gasteiger partial charge in [0.05, 0.1) is 0 Å². The molecule has 2 aliphatic heterocycles. The van der Waals surface area contributed by atoms with E-state index in [1.54, 1.807) is 38.1 Å². The van der Waals surface area contributed by atoms with E-state index in [2.05, 4.69) is 13.8 Å². The van der Waals surface area contributed by atoms with Gasteiger partial charge in [-0.15, -0.1) is 0 Å². The van der Waals surface area contributed by atoms with E-state index in [1.807, 2.05) is 0 Å². The summed E-state index contributed by atoms with van der Waals surface area (Å²) in [5.41, 5.74) is -0.284. The first kappa shape index (κ1) is 15.4. The summed E-state index contributed by atoms with van der Waals surface area (Å²) in [6, 6.07) is 6.91. The van der Waals surface area contributed by atoms with Crippen LogP contribution in [0.4, 0.5) is 0 Å². The molecule has 0 aromatic heterocycles. The second-order valence-electron chi connectivity index (χ2n) is 6.47. The number of Topliss-reactive ketones (excluding diaryl/α,β-unsaturated/α-hetero) is 2. The Hall–Kier alpha value is -1.52. The van der Waals surface area contributed by atoms with Crippen LogP contribution in [0.1, 0.15) is 61.3 Å². The predicted octanol–water partition coefficient (Wildman–Crippen LogP) is 3.39. The third-order valence-corrected chi connectivity index (χ3v) is 5.06. The Morgan fingerprint density at radius 3 is 2.14 bits per heavy atom. The molecule has 3 rings (SSSR count). The first-order valence-electron chi connectivity index (χ1n) is 7.94. The largest absolute Gasteiger partial charge is 0.336 e. The van der Waals surface area contributed by atoms with Crippen LogP contribution < -0.4 is 0 Å². The molecule has 0 unspecified atom stereocenters. The molecule has 2 aliphatic rings. The second-order valence-corrected chi connectivity index (χ2v) is 6.47. The van der Waals surface area contributed by atoms with Crippen molar-refractivity contribution in [2.24, 2.45) is 5.92 Å². The minimum Gasteiger partial charge on any atom is -0.336 e. The van der Waals surface area contributed by atoms with Gasteiger partial charge in [-0.05, 0) is 19.8 Å². The molecule has 0 saturated carbocycles. The Labute approximate surface area is 130 Å². The fourth-order valence-corrected chi connectivity index (χ4v) is 3.77. The van der Waals surface area contributed by atoms with Crippen molar-refractivity contribution < 1.29 is 19.1 Å². The SMILES string of the molecule is CCC(CC)[C@@H]1O[C@]2(C)O[C@@]1(C)C(=O)c1ccccc1C2=O. The van der Waals surface area contributed by atoms with Gasteiger partial charge in [-0.25, -0.2) is 0 Å². The number of carbonyl (C=O) groups excluding carboxylic acids is 2. The van der Waals surface area contributed by atoms with Crippen LogP contribution >= 0.6 is 0 Å². The summed E-state index contributed by atoms with van der Waals surface area (Å²) >= 11 is 0. The Balaban J connectivity index is 2.18. The zero-order valence-corrected chi connectivity index (χ0v) is 13.5. The van der Waals surface area contributed by atoms with Crippen LogP contribution in [-0.4, -0.2) is 29.1 Å². The van der Waals surface area contributed by atoms with E-state index in [9.17, 15) is 9.59 Å². The van der Waals surface area contributed by atoms with Gasteiger partial charge >= 0.3 is 0 Å². The molecule has 1 saturated heterocycles. The number of ketones is 2. The number of benzene rings is 1. The van der Waals surface area contributed by atoms with E-state index in [0.29, 0.717) is 11.1 Å². The van der Waals surface area contributed by atoms with E-state index >= 15 is 0 Å². The molecule has 0 spiro atoms. The second kappa shape index (κ2) is 5.00. The predicted molar refractivity (Wildman–Crippen MR) is 81.9 cm³/mol. The molecule has 22 heavy (non-hydrogen) atoms. The molecule has 4 heteroatoms. The fraction of sp³-hybridized carbons (Fsp3) is 0.556. The van der Waals surface area contributed by atoms with Gasteiger partial charge in [0.2, 0.25) is 11.6 Å². The van der Waals surface area contributed by atoms with E-state index in [-0.39, 0.29) is 17.5 Å². The van der Waals surface area contributed by atoms with Gasteiger partial charge in [0.25, 0.3) is 0 Å². The Morgan fingerprint density at radius 1 is 1.05 bits per heavy atom. The molecule has 1 aromatic rings. The Bertz CT molecular complexity index is 634. The lowest BCUT2D eigenvalue weighted by molar-refractivity contribution is -0.133. The lowest BCUT2D eigenvalue weighted by Gasteiger charge is -2.32. The van der Waals surface area contributed by atoms with Crippen LogP contribution in [-0.2, 0) is 9.47 Å². The van der Waals surface area contributed by atoms with Crippen LogP contribution in [0.15, 0.2) is 24.3 Å². The van der Waals surface area contributed by atoms with Crippen molar-refractivity contribution in [1.29, 1.82) is 0 Å². The minimum atomic E-state index is -1.38. The summed E-state index contributed by atoms with van der Waals surface area (Å²) < 4.78 is 12.0. The van der Waals surface area contributed by atoms with Gasteiger partial charge in [-0.3, -0.25) is 9.59 Å². The molecule has 2 heterocycles. The first-order chi connectivity index (χ1) is 10.4. The molecule has 0 radical (unpaired) electrons. The molecule has 1 aromatic carbocycles. The Kier molecular flexibility index (Phi) is 3.49. The summed E-state index contributed by atoms with van der Waals surface area (Å²) in [7, 11) is 0. The summed E-state index contributed by atoms with van der Waals surface area (Å²) in [5.74, 6) is -1.64. The zero-order chi connectivity index (χ0) is 16.1. The highest BCUT2D eigenvalue weighted by Crippen LogP contribution is 2.47. The maximum atomic E-state index is 13.1. The number of ether oxygens (including phenoxy) is 2. The van der Waals surface area contributed by atoms with Gasteiger partial charge in [0, 0.05) is 11.1 Å². The molecule has 1 fully saturated rings.